The molecule has 0 aromatic heterocycles. The molecular weight excluding hydrogens is 314 g/mol. The van der Waals surface area contributed by atoms with Crippen molar-refractivity contribution in [2.45, 2.75) is 19.8 Å². The van der Waals surface area contributed by atoms with Gasteiger partial charge in [0, 0.05) is 23.2 Å². The Morgan fingerprint density at radius 3 is 2.71 bits per heavy atom. The molecule has 8 nitrogen and oxygen atoms in total. The van der Waals surface area contributed by atoms with Gasteiger partial charge in [-0.3, -0.25) is 14.9 Å². The van der Waals surface area contributed by atoms with Crippen molar-refractivity contribution in [1.29, 1.82) is 5.26 Å². The standard InChI is InChI=1S/C16H15N3O5/c1-3-24-16(21)13-9(2)18-15(20)11(8-17)14(13)10-6-4-5-7-12(10)19(22)23/h4-7,11,14H,3H2,1-2H3,(H,18,20). The van der Waals surface area contributed by atoms with Crippen molar-refractivity contribution in [2.24, 2.45) is 5.92 Å². The fourth-order valence-corrected chi connectivity index (χ4v) is 2.76. The van der Waals surface area contributed by atoms with Gasteiger partial charge in [-0.2, -0.15) is 5.26 Å². The summed E-state index contributed by atoms with van der Waals surface area (Å²) >= 11 is 0. The second-order valence-electron chi connectivity index (χ2n) is 5.15. The van der Waals surface area contributed by atoms with Crippen molar-refractivity contribution < 1.29 is 19.2 Å². The third-order valence-corrected chi connectivity index (χ3v) is 3.74. The molecule has 8 heteroatoms. The van der Waals surface area contributed by atoms with E-state index in [0.717, 1.165) is 0 Å². The number of nitro benzene ring substituents is 1. The summed E-state index contributed by atoms with van der Waals surface area (Å²) in [6.45, 7) is 3.22. The van der Waals surface area contributed by atoms with Gasteiger partial charge in [-0.05, 0) is 13.8 Å². The maximum absolute atomic E-state index is 12.3. The molecular formula is C16H15N3O5. The van der Waals surface area contributed by atoms with Gasteiger partial charge in [-0.15, -0.1) is 0 Å². The fraction of sp³-hybridized carbons (Fsp3) is 0.312. The van der Waals surface area contributed by atoms with E-state index in [1.54, 1.807) is 13.0 Å². The van der Waals surface area contributed by atoms with Crippen LogP contribution in [0, 0.1) is 27.4 Å². The molecule has 0 bridgehead atoms. The van der Waals surface area contributed by atoms with E-state index < -0.39 is 28.6 Å². The lowest BCUT2D eigenvalue weighted by molar-refractivity contribution is -0.385. The molecule has 1 aromatic carbocycles. The van der Waals surface area contributed by atoms with Gasteiger partial charge >= 0.3 is 5.97 Å². The smallest absolute Gasteiger partial charge is 0.336 e. The molecule has 2 atom stereocenters. The second-order valence-corrected chi connectivity index (χ2v) is 5.15. The zero-order valence-electron chi connectivity index (χ0n) is 13.1. The highest BCUT2D eigenvalue weighted by molar-refractivity contribution is 5.98. The Bertz CT molecular complexity index is 778. The predicted molar refractivity (Wildman–Crippen MR) is 82.4 cm³/mol. The molecule has 1 aliphatic heterocycles. The number of hydrogen-bond donors (Lipinski definition) is 1. The van der Waals surface area contributed by atoms with Crippen molar-refractivity contribution in [2.75, 3.05) is 6.61 Å². The first-order valence-corrected chi connectivity index (χ1v) is 7.24. The van der Waals surface area contributed by atoms with Crippen molar-refractivity contribution >= 4 is 17.6 Å². The zero-order valence-corrected chi connectivity index (χ0v) is 13.1. The van der Waals surface area contributed by atoms with Crippen LogP contribution in [0.4, 0.5) is 5.69 Å². The van der Waals surface area contributed by atoms with Gasteiger partial charge in [0.15, 0.2) is 0 Å². The van der Waals surface area contributed by atoms with Gasteiger partial charge < -0.3 is 10.1 Å². The first-order valence-electron chi connectivity index (χ1n) is 7.24. The number of ether oxygens (including phenoxy) is 1. The van der Waals surface area contributed by atoms with E-state index in [2.05, 4.69) is 5.32 Å². The summed E-state index contributed by atoms with van der Waals surface area (Å²) in [6, 6.07) is 7.59. The van der Waals surface area contributed by atoms with Crippen LogP contribution in [-0.2, 0) is 14.3 Å². The van der Waals surface area contributed by atoms with Gasteiger partial charge in [0.2, 0.25) is 5.91 Å². The molecule has 1 heterocycles. The van der Waals surface area contributed by atoms with Crippen LogP contribution in [0.1, 0.15) is 25.3 Å². The summed E-state index contributed by atoms with van der Waals surface area (Å²) in [6.07, 6.45) is 0. The van der Waals surface area contributed by atoms with Crippen molar-refractivity contribution in [3.63, 3.8) is 0 Å². The number of carbonyl (C=O) groups excluding carboxylic acids is 2. The number of para-hydroxylation sites is 1. The lowest BCUT2D eigenvalue weighted by Crippen LogP contribution is -2.41. The summed E-state index contributed by atoms with van der Waals surface area (Å²) in [5.41, 5.74) is 0.156. The van der Waals surface area contributed by atoms with E-state index >= 15 is 0 Å². The number of nitro groups is 1. The van der Waals surface area contributed by atoms with Gasteiger partial charge in [0.25, 0.3) is 5.69 Å². The highest BCUT2D eigenvalue weighted by atomic mass is 16.6. The Labute approximate surface area is 137 Å². The van der Waals surface area contributed by atoms with Gasteiger partial charge in [0.05, 0.1) is 23.2 Å². The molecule has 1 aromatic rings. The highest BCUT2D eigenvalue weighted by Crippen LogP contribution is 2.41. The number of rotatable bonds is 4. The first kappa shape index (κ1) is 17.1. The van der Waals surface area contributed by atoms with Gasteiger partial charge in [-0.1, -0.05) is 18.2 Å². The fourth-order valence-electron chi connectivity index (χ4n) is 2.76. The Morgan fingerprint density at radius 2 is 2.12 bits per heavy atom. The molecule has 0 fully saturated rings. The molecule has 0 radical (unpaired) electrons. The molecule has 0 saturated carbocycles. The Kier molecular flexibility index (Phi) is 4.94. The molecule has 0 spiro atoms. The number of carbonyl (C=O) groups is 2. The van der Waals surface area contributed by atoms with Crippen molar-refractivity contribution in [3.8, 4) is 6.07 Å². The monoisotopic (exact) mass is 329 g/mol. The van der Waals surface area contributed by atoms with Crippen LogP contribution in [0.5, 0.6) is 0 Å². The second kappa shape index (κ2) is 6.91. The molecule has 1 aliphatic rings. The summed E-state index contributed by atoms with van der Waals surface area (Å²) in [4.78, 5) is 35.2. The Balaban J connectivity index is 2.71. The lowest BCUT2D eigenvalue weighted by atomic mass is 9.77. The number of nitriles is 1. The largest absolute Gasteiger partial charge is 0.463 e. The van der Waals surface area contributed by atoms with Crippen LogP contribution in [0.3, 0.4) is 0 Å². The summed E-state index contributed by atoms with van der Waals surface area (Å²) in [5.74, 6) is -3.65. The minimum Gasteiger partial charge on any atom is -0.463 e. The highest BCUT2D eigenvalue weighted by Gasteiger charge is 2.43. The topological polar surface area (TPSA) is 122 Å². The van der Waals surface area contributed by atoms with Crippen molar-refractivity contribution in [1.82, 2.24) is 5.32 Å². The van der Waals surface area contributed by atoms with Crippen LogP contribution in [0.15, 0.2) is 35.5 Å². The number of nitrogens with one attached hydrogen (secondary N) is 1. The van der Waals surface area contributed by atoms with Crippen LogP contribution in [0.25, 0.3) is 0 Å². The molecule has 0 aliphatic carbocycles. The normalized spacial score (nSPS) is 20.1. The summed E-state index contributed by atoms with van der Waals surface area (Å²) in [5, 5.41) is 23.2. The number of nitrogens with zero attached hydrogens (tertiary/aromatic N) is 2. The van der Waals surface area contributed by atoms with E-state index in [9.17, 15) is 25.0 Å². The number of allylic oxidation sites excluding steroid dienone is 1. The van der Waals surface area contributed by atoms with E-state index in [-0.39, 0.29) is 29.1 Å². The molecule has 0 saturated heterocycles. The molecule has 1 N–H and O–H groups in total. The SMILES string of the molecule is CCOC(=O)C1=C(C)NC(=O)C(C#N)C1c1ccccc1[N+](=O)[O-]. The average molecular weight is 329 g/mol. The van der Waals surface area contributed by atoms with E-state index in [4.69, 9.17) is 4.74 Å². The predicted octanol–water partition coefficient (Wildman–Crippen LogP) is 1.79. The number of benzene rings is 1. The number of hydrogen-bond acceptors (Lipinski definition) is 6. The number of esters is 1. The molecule has 2 unspecified atom stereocenters. The maximum Gasteiger partial charge on any atom is 0.336 e. The number of amides is 1. The first-order chi connectivity index (χ1) is 11.4. The van der Waals surface area contributed by atoms with E-state index in [0.29, 0.717) is 0 Å². The zero-order chi connectivity index (χ0) is 17.9. The van der Waals surface area contributed by atoms with Crippen LogP contribution in [-0.4, -0.2) is 23.4 Å². The van der Waals surface area contributed by atoms with Crippen molar-refractivity contribution in [3.05, 3.63) is 51.2 Å². The third kappa shape index (κ3) is 2.96. The third-order valence-electron chi connectivity index (χ3n) is 3.74. The minimum absolute atomic E-state index is 0.0531. The average Bonchev–Trinajstić information content (AvgIpc) is 2.54. The maximum atomic E-state index is 12.3. The molecule has 24 heavy (non-hydrogen) atoms. The minimum atomic E-state index is -1.27. The van der Waals surface area contributed by atoms with Crippen LogP contribution in [0.2, 0.25) is 0 Å². The summed E-state index contributed by atoms with van der Waals surface area (Å²) in [7, 11) is 0. The lowest BCUT2D eigenvalue weighted by Gasteiger charge is -2.29. The molecule has 2 rings (SSSR count). The van der Waals surface area contributed by atoms with Crippen LogP contribution >= 0.6 is 0 Å². The molecule has 124 valence electrons. The Morgan fingerprint density at radius 1 is 1.46 bits per heavy atom. The van der Waals surface area contributed by atoms with E-state index in [1.807, 2.05) is 6.07 Å². The van der Waals surface area contributed by atoms with E-state index in [1.165, 1.54) is 25.1 Å². The van der Waals surface area contributed by atoms with Gasteiger partial charge in [-0.25, -0.2) is 4.79 Å². The quantitative estimate of drug-likeness (QED) is 0.510. The van der Waals surface area contributed by atoms with Gasteiger partial charge in [0.1, 0.15) is 5.92 Å². The molecule has 1 amide bonds. The van der Waals surface area contributed by atoms with Crippen LogP contribution < -0.4 is 5.32 Å². The summed E-state index contributed by atoms with van der Waals surface area (Å²) < 4.78 is 5.00. The Hall–Kier alpha value is -3.21.